The zero-order valence-corrected chi connectivity index (χ0v) is 18.3. The van der Waals surface area contributed by atoms with Crippen LogP contribution in [0.3, 0.4) is 0 Å². The van der Waals surface area contributed by atoms with Crippen LogP contribution < -0.4 is 14.5 Å². The summed E-state index contributed by atoms with van der Waals surface area (Å²) in [7, 11) is 3.81. The molecule has 0 saturated heterocycles. The number of hydrogen-bond donors (Lipinski definition) is 0. The lowest BCUT2D eigenvalue weighted by atomic mass is 10.2. The maximum absolute atomic E-state index is 13.0. The first-order valence-electron chi connectivity index (χ1n) is 10.6. The van der Waals surface area contributed by atoms with Crippen LogP contribution in [0.5, 0.6) is 5.75 Å². The summed E-state index contributed by atoms with van der Waals surface area (Å²) in [6.45, 7) is 2.10. The molecule has 0 saturated carbocycles. The van der Waals surface area contributed by atoms with Crippen molar-refractivity contribution in [3.8, 4) is 5.75 Å². The van der Waals surface area contributed by atoms with Gasteiger partial charge in [-0.25, -0.2) is 4.90 Å². The largest absolute Gasteiger partial charge is 0.470 e. The van der Waals surface area contributed by atoms with Gasteiger partial charge >= 0.3 is 0 Å². The number of carbonyl (C=O) groups excluding carboxylic acids is 2. The summed E-state index contributed by atoms with van der Waals surface area (Å²) in [5.74, 6) is 0.116. The molecule has 0 aliphatic carbocycles. The molecule has 0 N–H and O–H groups in total. The van der Waals surface area contributed by atoms with Crippen molar-refractivity contribution in [3.63, 3.8) is 0 Å². The number of para-hydroxylation sites is 3. The highest BCUT2D eigenvalue weighted by Gasteiger charge is 2.23. The third kappa shape index (κ3) is 4.59. The van der Waals surface area contributed by atoms with Gasteiger partial charge in [0.25, 0.3) is 5.91 Å². The number of hydrogen-bond acceptors (Lipinski definition) is 6. The number of benzene rings is 2. The fourth-order valence-electron chi connectivity index (χ4n) is 3.80. The van der Waals surface area contributed by atoms with Crippen molar-refractivity contribution >= 4 is 23.7 Å². The predicted octanol–water partition coefficient (Wildman–Crippen LogP) is 2.99. The van der Waals surface area contributed by atoms with Crippen molar-refractivity contribution in [2.75, 3.05) is 37.2 Å². The second-order valence-corrected chi connectivity index (χ2v) is 7.87. The molecule has 8 nitrogen and oxygen atoms in total. The van der Waals surface area contributed by atoms with E-state index in [-0.39, 0.29) is 12.4 Å². The number of carbonyl (C=O) groups is 2. The zero-order valence-electron chi connectivity index (χ0n) is 18.3. The summed E-state index contributed by atoms with van der Waals surface area (Å²) in [6, 6.07) is 19.4. The lowest BCUT2D eigenvalue weighted by molar-refractivity contribution is -0.118. The predicted molar refractivity (Wildman–Crippen MR) is 123 cm³/mol. The van der Waals surface area contributed by atoms with Gasteiger partial charge in [0, 0.05) is 32.9 Å². The van der Waals surface area contributed by atoms with Gasteiger partial charge in [-0.2, -0.15) is 5.10 Å². The van der Waals surface area contributed by atoms with Crippen molar-refractivity contribution < 1.29 is 14.3 Å². The maximum atomic E-state index is 13.0. The fraction of sp³-hybridized carbons (Fsp3) is 0.292. The number of nitrogens with zero attached hydrogens (tertiary/aromatic N) is 5. The molecule has 1 aromatic heterocycles. The summed E-state index contributed by atoms with van der Waals surface area (Å²) in [5, 5.41) is 4.48. The van der Waals surface area contributed by atoms with Crippen LogP contribution in [0.15, 0.2) is 60.7 Å². The van der Waals surface area contributed by atoms with Gasteiger partial charge in [0.2, 0.25) is 6.41 Å². The molecular weight excluding hydrogens is 406 g/mol. The summed E-state index contributed by atoms with van der Waals surface area (Å²) in [5.41, 5.74) is 3.18. The summed E-state index contributed by atoms with van der Waals surface area (Å²) in [6.07, 6.45) is 1.40. The zero-order chi connectivity index (χ0) is 22.5. The van der Waals surface area contributed by atoms with E-state index in [0.29, 0.717) is 18.7 Å². The fourth-order valence-corrected chi connectivity index (χ4v) is 3.80. The molecule has 4 rings (SSSR count). The van der Waals surface area contributed by atoms with Crippen LogP contribution in [0.1, 0.15) is 22.6 Å². The van der Waals surface area contributed by atoms with Crippen LogP contribution in [-0.4, -0.2) is 54.4 Å². The molecule has 8 heteroatoms. The van der Waals surface area contributed by atoms with E-state index in [0.717, 1.165) is 41.5 Å². The van der Waals surface area contributed by atoms with Gasteiger partial charge < -0.3 is 14.5 Å². The quantitative estimate of drug-likeness (QED) is 0.421. The third-order valence-corrected chi connectivity index (χ3v) is 5.45. The SMILES string of the molecule is CN(C)c1ccccc1OCN(C=O)C(=O)c1cc2n(n1)CCCN(c1ccccc1)C2. The topological polar surface area (TPSA) is 70.9 Å². The van der Waals surface area contributed by atoms with Gasteiger partial charge in [-0.15, -0.1) is 0 Å². The van der Waals surface area contributed by atoms with E-state index in [1.807, 2.05) is 60.1 Å². The van der Waals surface area contributed by atoms with E-state index < -0.39 is 5.91 Å². The molecule has 2 aromatic carbocycles. The lowest BCUT2D eigenvalue weighted by Gasteiger charge is -2.22. The molecule has 0 radical (unpaired) electrons. The van der Waals surface area contributed by atoms with Crippen LogP contribution in [-0.2, 0) is 17.9 Å². The molecule has 1 aliphatic heterocycles. The monoisotopic (exact) mass is 433 g/mol. The average molecular weight is 434 g/mol. The van der Waals surface area contributed by atoms with Crippen LogP contribution in [0.2, 0.25) is 0 Å². The molecule has 0 fully saturated rings. The van der Waals surface area contributed by atoms with Gasteiger partial charge in [0.15, 0.2) is 12.4 Å². The Morgan fingerprint density at radius 1 is 1.09 bits per heavy atom. The molecule has 0 spiro atoms. The first-order valence-corrected chi connectivity index (χ1v) is 10.6. The van der Waals surface area contributed by atoms with Gasteiger partial charge in [0.05, 0.1) is 17.9 Å². The number of rotatable bonds is 7. The van der Waals surface area contributed by atoms with Crippen LogP contribution in [0, 0.1) is 0 Å². The number of imide groups is 1. The Hall–Kier alpha value is -3.81. The summed E-state index contributed by atoms with van der Waals surface area (Å²) >= 11 is 0. The minimum Gasteiger partial charge on any atom is -0.470 e. The minimum atomic E-state index is -0.478. The normalized spacial score (nSPS) is 13.1. The van der Waals surface area contributed by atoms with Gasteiger partial charge in [0.1, 0.15) is 5.75 Å². The highest BCUT2D eigenvalue weighted by Crippen LogP contribution is 2.26. The van der Waals surface area contributed by atoms with Crippen molar-refractivity contribution in [1.29, 1.82) is 0 Å². The number of anilines is 2. The Bertz CT molecular complexity index is 1080. The van der Waals surface area contributed by atoms with E-state index in [2.05, 4.69) is 22.1 Å². The molecule has 2 amide bonds. The van der Waals surface area contributed by atoms with Crippen molar-refractivity contribution in [2.24, 2.45) is 0 Å². The van der Waals surface area contributed by atoms with Gasteiger partial charge in [-0.1, -0.05) is 30.3 Å². The van der Waals surface area contributed by atoms with E-state index >= 15 is 0 Å². The molecular formula is C24H27N5O3. The van der Waals surface area contributed by atoms with E-state index in [1.54, 1.807) is 12.1 Å². The molecule has 1 aliphatic rings. The lowest BCUT2D eigenvalue weighted by Crippen LogP contribution is -2.34. The smallest absolute Gasteiger partial charge is 0.283 e. The number of aromatic nitrogens is 2. The van der Waals surface area contributed by atoms with Crippen molar-refractivity contribution in [1.82, 2.24) is 14.7 Å². The van der Waals surface area contributed by atoms with Crippen LogP contribution in [0.4, 0.5) is 11.4 Å². The Kier molecular flexibility index (Phi) is 6.39. The first kappa shape index (κ1) is 21.4. The van der Waals surface area contributed by atoms with E-state index in [4.69, 9.17) is 4.74 Å². The number of aryl methyl sites for hydroxylation is 1. The van der Waals surface area contributed by atoms with Crippen LogP contribution in [0.25, 0.3) is 0 Å². The van der Waals surface area contributed by atoms with Crippen LogP contribution >= 0.6 is 0 Å². The highest BCUT2D eigenvalue weighted by molar-refractivity contribution is 5.98. The third-order valence-electron chi connectivity index (χ3n) is 5.45. The molecule has 0 unspecified atom stereocenters. The summed E-state index contributed by atoms with van der Waals surface area (Å²) in [4.78, 5) is 29.8. The Balaban J connectivity index is 1.48. The highest BCUT2D eigenvalue weighted by atomic mass is 16.5. The van der Waals surface area contributed by atoms with Crippen molar-refractivity contribution in [3.05, 3.63) is 72.1 Å². The second-order valence-electron chi connectivity index (χ2n) is 7.87. The molecule has 2 heterocycles. The molecule has 0 bridgehead atoms. The number of fused-ring (bicyclic) bond motifs is 1. The molecule has 32 heavy (non-hydrogen) atoms. The maximum Gasteiger partial charge on any atom is 0.283 e. The van der Waals surface area contributed by atoms with Gasteiger partial charge in [-0.3, -0.25) is 14.3 Å². The number of ether oxygens (including phenoxy) is 1. The Labute approximate surface area is 187 Å². The minimum absolute atomic E-state index is 0.189. The summed E-state index contributed by atoms with van der Waals surface area (Å²) < 4.78 is 7.64. The Morgan fingerprint density at radius 3 is 2.59 bits per heavy atom. The van der Waals surface area contributed by atoms with E-state index in [1.165, 1.54) is 0 Å². The second kappa shape index (κ2) is 9.55. The first-order chi connectivity index (χ1) is 15.6. The van der Waals surface area contributed by atoms with E-state index in [9.17, 15) is 9.59 Å². The van der Waals surface area contributed by atoms with Crippen molar-refractivity contribution in [2.45, 2.75) is 19.5 Å². The standard InChI is InChI=1S/C24H27N5O3/c1-26(2)22-11-6-7-12-23(22)32-18-28(17-30)24(31)21-15-20-16-27(13-8-14-29(20)25-21)19-9-4-3-5-10-19/h3-7,9-12,15,17H,8,13-14,16,18H2,1-2H3. The average Bonchev–Trinajstić information content (AvgIpc) is 3.11. The molecule has 0 atom stereocenters. The molecule has 3 aromatic rings. The van der Waals surface area contributed by atoms with Gasteiger partial charge in [-0.05, 0) is 36.8 Å². The Morgan fingerprint density at radius 2 is 1.84 bits per heavy atom. The number of amides is 2. The molecule has 166 valence electrons.